The number of para-hydroxylation sites is 3. The van der Waals surface area contributed by atoms with E-state index in [2.05, 4.69) is 21.5 Å². The molecular weight excluding hydrogens is 332 g/mol. The van der Waals surface area contributed by atoms with E-state index in [4.69, 9.17) is 0 Å². The monoisotopic (exact) mass is 346 g/mol. The minimum absolute atomic E-state index is 0.237. The number of benzene rings is 2. The smallest absolute Gasteiger partial charge is 0.299 e. The van der Waals surface area contributed by atoms with Gasteiger partial charge in [0.1, 0.15) is 5.69 Å². The maximum atomic E-state index is 12.6. The number of fused-ring (bicyclic) bond motifs is 2. The van der Waals surface area contributed by atoms with Crippen LogP contribution >= 0.6 is 11.3 Å². The zero-order chi connectivity index (χ0) is 17.2. The summed E-state index contributed by atoms with van der Waals surface area (Å²) in [4.78, 5) is 26.2. The average Bonchev–Trinajstić information content (AvgIpc) is 2.99. The normalized spacial score (nSPS) is 11.9. The number of thiazole rings is 1. The van der Waals surface area contributed by atoms with Crippen LogP contribution in [0.2, 0.25) is 0 Å². The number of allylic oxidation sites excluding steroid dienone is 1. The molecule has 25 heavy (non-hydrogen) atoms. The zero-order valence-electron chi connectivity index (χ0n) is 13.3. The third-order valence-corrected chi connectivity index (χ3v) is 4.82. The Balaban J connectivity index is 1.83. The van der Waals surface area contributed by atoms with Crippen molar-refractivity contribution >= 4 is 38.5 Å². The van der Waals surface area contributed by atoms with E-state index in [9.17, 15) is 4.79 Å². The Morgan fingerprint density at radius 3 is 2.76 bits per heavy atom. The number of aromatic nitrogens is 3. The molecular formula is C19H14N4OS. The highest BCUT2D eigenvalue weighted by molar-refractivity contribution is 7.16. The number of carbonyl (C=O) groups excluding carboxylic acids is 1. The van der Waals surface area contributed by atoms with E-state index in [0.29, 0.717) is 16.9 Å². The lowest BCUT2D eigenvalue weighted by Crippen LogP contribution is -2.16. The lowest BCUT2D eigenvalue weighted by atomic mass is 10.3. The van der Waals surface area contributed by atoms with Crippen molar-refractivity contribution in [1.29, 1.82) is 0 Å². The molecule has 0 aliphatic rings. The van der Waals surface area contributed by atoms with E-state index < -0.39 is 5.91 Å². The van der Waals surface area contributed by atoms with Gasteiger partial charge in [0, 0.05) is 6.54 Å². The Morgan fingerprint density at radius 2 is 1.92 bits per heavy atom. The molecule has 0 aliphatic carbocycles. The summed E-state index contributed by atoms with van der Waals surface area (Å²) in [5.41, 5.74) is 2.70. The minimum Gasteiger partial charge on any atom is -0.312 e. The van der Waals surface area contributed by atoms with Crippen molar-refractivity contribution in [3.8, 4) is 0 Å². The van der Waals surface area contributed by atoms with E-state index in [0.717, 1.165) is 15.7 Å². The largest absolute Gasteiger partial charge is 0.312 e. The van der Waals surface area contributed by atoms with Gasteiger partial charge in [0.05, 0.1) is 27.4 Å². The molecule has 0 aliphatic heterocycles. The molecule has 122 valence electrons. The van der Waals surface area contributed by atoms with Gasteiger partial charge in [-0.05, 0) is 24.3 Å². The molecule has 2 aromatic heterocycles. The quantitative estimate of drug-likeness (QED) is 0.533. The second-order valence-electron chi connectivity index (χ2n) is 5.41. The number of carbonyl (C=O) groups is 1. The number of hydrogen-bond acceptors (Lipinski definition) is 4. The summed E-state index contributed by atoms with van der Waals surface area (Å²) in [6, 6.07) is 15.4. The highest BCUT2D eigenvalue weighted by Gasteiger charge is 2.10. The maximum Gasteiger partial charge on any atom is 0.299 e. The predicted octanol–water partition coefficient (Wildman–Crippen LogP) is 3.57. The summed E-state index contributed by atoms with van der Waals surface area (Å²) < 4.78 is 3.04. The number of rotatable bonds is 3. The van der Waals surface area contributed by atoms with Gasteiger partial charge in [-0.2, -0.15) is 4.99 Å². The lowest BCUT2D eigenvalue weighted by molar-refractivity contribution is 0.0993. The summed E-state index contributed by atoms with van der Waals surface area (Å²) >= 11 is 1.47. The molecule has 0 fully saturated rings. The van der Waals surface area contributed by atoms with Gasteiger partial charge >= 0.3 is 0 Å². The summed E-state index contributed by atoms with van der Waals surface area (Å²) in [6.07, 6.45) is 3.26. The number of nitrogens with zero attached hydrogens (tertiary/aromatic N) is 4. The fourth-order valence-corrected chi connectivity index (χ4v) is 3.65. The molecule has 0 saturated carbocycles. The van der Waals surface area contributed by atoms with Gasteiger partial charge in [0.2, 0.25) is 0 Å². The number of hydrogen-bond donors (Lipinski definition) is 0. The highest BCUT2D eigenvalue weighted by Crippen LogP contribution is 2.17. The Labute approximate surface area is 147 Å². The van der Waals surface area contributed by atoms with Gasteiger partial charge in [-0.15, -0.1) is 6.58 Å². The maximum absolute atomic E-state index is 12.6. The second-order valence-corrected chi connectivity index (χ2v) is 6.42. The van der Waals surface area contributed by atoms with Crippen molar-refractivity contribution in [2.75, 3.05) is 0 Å². The Kier molecular flexibility index (Phi) is 3.95. The number of amides is 1. The molecule has 0 unspecified atom stereocenters. The third kappa shape index (κ3) is 2.88. The zero-order valence-corrected chi connectivity index (χ0v) is 14.1. The second kappa shape index (κ2) is 6.41. The molecule has 2 aromatic carbocycles. The average molecular weight is 346 g/mol. The van der Waals surface area contributed by atoms with Crippen LogP contribution in [0, 0.1) is 0 Å². The minimum atomic E-state index is -0.400. The van der Waals surface area contributed by atoms with Gasteiger partial charge in [0.25, 0.3) is 5.91 Å². The SMILES string of the molecule is C=CCn1c(=NC(=O)c2cnc3ccccc3n2)sc2ccccc21. The van der Waals surface area contributed by atoms with Crippen LogP contribution in [0.25, 0.3) is 21.3 Å². The Hall–Kier alpha value is -3.12. The molecule has 0 bridgehead atoms. The molecule has 1 amide bonds. The van der Waals surface area contributed by atoms with E-state index in [1.807, 2.05) is 53.1 Å². The van der Waals surface area contributed by atoms with E-state index in [1.165, 1.54) is 17.5 Å². The molecule has 4 aromatic rings. The molecule has 2 heterocycles. The Morgan fingerprint density at radius 1 is 1.16 bits per heavy atom. The molecule has 6 heteroatoms. The van der Waals surface area contributed by atoms with Gasteiger partial charge in [-0.3, -0.25) is 9.78 Å². The van der Waals surface area contributed by atoms with Crippen LogP contribution in [0.15, 0.2) is 72.4 Å². The first-order valence-corrected chi connectivity index (χ1v) is 8.58. The highest BCUT2D eigenvalue weighted by atomic mass is 32.1. The van der Waals surface area contributed by atoms with Crippen LogP contribution in [0.5, 0.6) is 0 Å². The fraction of sp³-hybridized carbons (Fsp3) is 0.0526. The summed E-state index contributed by atoms with van der Waals surface area (Å²) in [5, 5.41) is 0. The van der Waals surface area contributed by atoms with Gasteiger partial charge in [-0.1, -0.05) is 41.7 Å². The molecule has 0 spiro atoms. The molecule has 0 saturated heterocycles. The molecule has 0 radical (unpaired) electrons. The van der Waals surface area contributed by atoms with Crippen LogP contribution in [-0.4, -0.2) is 20.4 Å². The standard InChI is InChI=1S/C19H14N4OS/c1-2-11-23-16-9-5-6-10-17(16)25-19(23)22-18(24)15-12-20-13-7-3-4-8-14(13)21-15/h2-10,12H,1,11H2. The Bertz CT molecular complexity index is 1170. The lowest BCUT2D eigenvalue weighted by Gasteiger charge is -2.01. The molecule has 0 N–H and O–H groups in total. The first kappa shape index (κ1) is 15.4. The van der Waals surface area contributed by atoms with Gasteiger partial charge in [0.15, 0.2) is 4.80 Å². The van der Waals surface area contributed by atoms with Crippen molar-refractivity contribution in [1.82, 2.24) is 14.5 Å². The first-order chi connectivity index (χ1) is 12.3. The topological polar surface area (TPSA) is 60.1 Å². The van der Waals surface area contributed by atoms with Crippen molar-refractivity contribution in [2.45, 2.75) is 6.54 Å². The first-order valence-electron chi connectivity index (χ1n) is 7.76. The molecule has 5 nitrogen and oxygen atoms in total. The van der Waals surface area contributed by atoms with Gasteiger partial charge < -0.3 is 4.57 Å². The summed E-state index contributed by atoms with van der Waals surface area (Å²) in [5.74, 6) is -0.400. The van der Waals surface area contributed by atoms with E-state index in [-0.39, 0.29) is 5.69 Å². The van der Waals surface area contributed by atoms with Crippen molar-refractivity contribution in [3.63, 3.8) is 0 Å². The van der Waals surface area contributed by atoms with Gasteiger partial charge in [-0.25, -0.2) is 4.98 Å². The van der Waals surface area contributed by atoms with E-state index in [1.54, 1.807) is 6.08 Å². The van der Waals surface area contributed by atoms with Crippen LogP contribution in [0.1, 0.15) is 10.5 Å². The van der Waals surface area contributed by atoms with Crippen molar-refractivity contribution < 1.29 is 4.79 Å². The van der Waals surface area contributed by atoms with Crippen LogP contribution < -0.4 is 4.80 Å². The van der Waals surface area contributed by atoms with Crippen LogP contribution in [-0.2, 0) is 6.54 Å². The van der Waals surface area contributed by atoms with Crippen LogP contribution in [0.3, 0.4) is 0 Å². The van der Waals surface area contributed by atoms with Crippen LogP contribution in [0.4, 0.5) is 0 Å². The van der Waals surface area contributed by atoms with Crippen molar-refractivity contribution in [2.24, 2.45) is 4.99 Å². The van der Waals surface area contributed by atoms with E-state index >= 15 is 0 Å². The summed E-state index contributed by atoms with van der Waals surface area (Å²) in [7, 11) is 0. The third-order valence-electron chi connectivity index (χ3n) is 3.76. The van der Waals surface area contributed by atoms with Crippen molar-refractivity contribution in [3.05, 3.63) is 77.9 Å². The molecule has 4 rings (SSSR count). The molecule has 0 atom stereocenters. The summed E-state index contributed by atoms with van der Waals surface area (Å²) in [6.45, 7) is 4.37. The predicted molar refractivity (Wildman–Crippen MR) is 99.4 cm³/mol. The fourth-order valence-electron chi connectivity index (χ4n) is 2.62.